The SMILES string of the molecule is CN(Cc1cccc(C#N)c1)C(=O)c1cc(C(=O)O)co1. The second-order valence-electron chi connectivity index (χ2n) is 4.48. The zero-order valence-electron chi connectivity index (χ0n) is 11.2. The van der Waals surface area contributed by atoms with Crippen molar-refractivity contribution in [1.82, 2.24) is 4.90 Å². The Balaban J connectivity index is 2.11. The third kappa shape index (κ3) is 3.28. The van der Waals surface area contributed by atoms with Crippen molar-refractivity contribution in [2.75, 3.05) is 7.05 Å². The third-order valence-electron chi connectivity index (χ3n) is 2.88. The molecule has 0 spiro atoms. The molecule has 0 saturated carbocycles. The second kappa shape index (κ2) is 5.92. The van der Waals surface area contributed by atoms with E-state index in [1.165, 1.54) is 11.0 Å². The van der Waals surface area contributed by atoms with E-state index in [1.54, 1.807) is 31.3 Å². The predicted molar refractivity (Wildman–Crippen MR) is 72.6 cm³/mol. The number of nitriles is 1. The van der Waals surface area contributed by atoms with Gasteiger partial charge in [0.2, 0.25) is 0 Å². The normalized spacial score (nSPS) is 9.90. The highest BCUT2D eigenvalue weighted by molar-refractivity contribution is 5.95. The molecule has 1 heterocycles. The number of furan rings is 1. The average molecular weight is 284 g/mol. The molecule has 0 fully saturated rings. The van der Waals surface area contributed by atoms with Crippen LogP contribution in [0, 0.1) is 11.3 Å². The van der Waals surface area contributed by atoms with Gasteiger partial charge in [0.05, 0.1) is 17.2 Å². The number of rotatable bonds is 4. The summed E-state index contributed by atoms with van der Waals surface area (Å²) < 4.78 is 4.97. The largest absolute Gasteiger partial charge is 0.478 e. The first-order valence-electron chi connectivity index (χ1n) is 6.07. The van der Waals surface area contributed by atoms with Crippen LogP contribution in [0.25, 0.3) is 0 Å². The lowest BCUT2D eigenvalue weighted by molar-refractivity contribution is 0.0695. The Morgan fingerprint density at radius 1 is 1.38 bits per heavy atom. The first-order valence-corrected chi connectivity index (χ1v) is 6.07. The monoisotopic (exact) mass is 284 g/mol. The molecule has 0 aliphatic heterocycles. The second-order valence-corrected chi connectivity index (χ2v) is 4.48. The molecule has 1 N–H and O–H groups in total. The van der Waals surface area contributed by atoms with Crippen LogP contribution in [0.3, 0.4) is 0 Å². The number of aromatic carboxylic acids is 1. The van der Waals surface area contributed by atoms with Gasteiger partial charge in [-0.3, -0.25) is 4.79 Å². The number of hydrogen-bond donors (Lipinski definition) is 1. The van der Waals surface area contributed by atoms with Crippen molar-refractivity contribution < 1.29 is 19.1 Å². The maximum Gasteiger partial charge on any atom is 0.338 e. The van der Waals surface area contributed by atoms with Crippen LogP contribution in [0.5, 0.6) is 0 Å². The van der Waals surface area contributed by atoms with E-state index >= 15 is 0 Å². The van der Waals surface area contributed by atoms with Crippen molar-refractivity contribution in [3.05, 3.63) is 59.0 Å². The summed E-state index contributed by atoms with van der Waals surface area (Å²) in [4.78, 5) is 24.3. The van der Waals surface area contributed by atoms with E-state index in [1.807, 2.05) is 6.07 Å². The molecule has 0 atom stereocenters. The average Bonchev–Trinajstić information content (AvgIpc) is 2.96. The molecule has 21 heavy (non-hydrogen) atoms. The predicted octanol–water partition coefficient (Wildman–Crippen LogP) is 2.12. The van der Waals surface area contributed by atoms with Crippen molar-refractivity contribution in [2.24, 2.45) is 0 Å². The highest BCUT2D eigenvalue weighted by atomic mass is 16.4. The summed E-state index contributed by atoms with van der Waals surface area (Å²) >= 11 is 0. The van der Waals surface area contributed by atoms with Crippen LogP contribution in [-0.4, -0.2) is 28.9 Å². The highest BCUT2D eigenvalue weighted by Crippen LogP contribution is 2.13. The number of carbonyl (C=O) groups is 2. The standard InChI is InChI=1S/C15H12N2O4/c1-17(8-11-4-2-3-10(5-11)7-16)14(18)13-6-12(9-21-13)15(19)20/h2-6,9H,8H2,1H3,(H,19,20). The Hall–Kier alpha value is -3.07. The summed E-state index contributed by atoms with van der Waals surface area (Å²) in [6.45, 7) is 0.289. The molecule has 106 valence electrons. The highest BCUT2D eigenvalue weighted by Gasteiger charge is 2.18. The van der Waals surface area contributed by atoms with E-state index in [0.717, 1.165) is 11.8 Å². The van der Waals surface area contributed by atoms with Gasteiger partial charge in [0.25, 0.3) is 5.91 Å². The Morgan fingerprint density at radius 3 is 2.76 bits per heavy atom. The molecule has 6 heteroatoms. The molecule has 0 unspecified atom stereocenters. The Kier molecular flexibility index (Phi) is 4.05. The molecule has 1 amide bonds. The first-order chi connectivity index (χ1) is 10.0. The zero-order chi connectivity index (χ0) is 15.4. The number of carboxylic acids is 1. The molecular weight excluding hydrogens is 272 g/mol. The minimum absolute atomic E-state index is 0.0358. The zero-order valence-corrected chi connectivity index (χ0v) is 11.2. The van der Waals surface area contributed by atoms with E-state index in [-0.39, 0.29) is 17.9 Å². The third-order valence-corrected chi connectivity index (χ3v) is 2.88. The first kappa shape index (κ1) is 14.3. The number of amides is 1. The van der Waals surface area contributed by atoms with Gasteiger partial charge < -0.3 is 14.4 Å². The van der Waals surface area contributed by atoms with Gasteiger partial charge in [-0.25, -0.2) is 4.79 Å². The molecule has 6 nitrogen and oxygen atoms in total. The number of benzene rings is 1. The Bertz CT molecular complexity index is 727. The fourth-order valence-corrected chi connectivity index (χ4v) is 1.83. The Morgan fingerprint density at radius 2 is 2.14 bits per heavy atom. The van der Waals surface area contributed by atoms with Gasteiger partial charge in [-0.2, -0.15) is 5.26 Å². The lowest BCUT2D eigenvalue weighted by Crippen LogP contribution is -2.25. The van der Waals surface area contributed by atoms with Crippen LogP contribution in [0.4, 0.5) is 0 Å². The molecule has 0 radical (unpaired) electrons. The summed E-state index contributed by atoms with van der Waals surface area (Å²) in [5.41, 5.74) is 1.24. The molecule has 0 aliphatic rings. The number of hydrogen-bond acceptors (Lipinski definition) is 4. The summed E-state index contributed by atoms with van der Waals surface area (Å²) in [7, 11) is 1.57. The van der Waals surface area contributed by atoms with Crippen LogP contribution in [0.1, 0.15) is 32.0 Å². The van der Waals surface area contributed by atoms with Gasteiger partial charge >= 0.3 is 5.97 Å². The van der Waals surface area contributed by atoms with Crippen LogP contribution in [0.15, 0.2) is 41.0 Å². The summed E-state index contributed by atoms with van der Waals surface area (Å²) in [6, 6.07) is 10.1. The van der Waals surface area contributed by atoms with Crippen molar-refractivity contribution in [3.63, 3.8) is 0 Å². The molecule has 2 rings (SSSR count). The van der Waals surface area contributed by atoms with Gasteiger partial charge in [-0.15, -0.1) is 0 Å². The van der Waals surface area contributed by atoms with Crippen molar-refractivity contribution in [1.29, 1.82) is 5.26 Å². The van der Waals surface area contributed by atoms with Gasteiger partial charge in [0.1, 0.15) is 6.26 Å². The van der Waals surface area contributed by atoms with Gasteiger partial charge in [0.15, 0.2) is 5.76 Å². The maximum atomic E-state index is 12.1. The topological polar surface area (TPSA) is 94.5 Å². The van der Waals surface area contributed by atoms with Gasteiger partial charge in [0, 0.05) is 19.7 Å². The molecule has 1 aromatic carbocycles. The van der Waals surface area contributed by atoms with Crippen LogP contribution < -0.4 is 0 Å². The van der Waals surface area contributed by atoms with Crippen molar-refractivity contribution in [2.45, 2.75) is 6.54 Å². The molecular formula is C15H12N2O4. The molecule has 0 bridgehead atoms. The lowest BCUT2D eigenvalue weighted by Gasteiger charge is -2.15. The number of carboxylic acid groups (broad SMARTS) is 1. The van der Waals surface area contributed by atoms with E-state index in [2.05, 4.69) is 0 Å². The molecule has 1 aromatic heterocycles. The van der Waals surface area contributed by atoms with Crippen LogP contribution in [0.2, 0.25) is 0 Å². The smallest absolute Gasteiger partial charge is 0.338 e. The number of carbonyl (C=O) groups excluding carboxylic acids is 1. The molecule has 2 aromatic rings. The molecule has 0 aliphatic carbocycles. The summed E-state index contributed by atoms with van der Waals surface area (Å²) in [5.74, 6) is -1.61. The maximum absolute atomic E-state index is 12.1. The quantitative estimate of drug-likeness (QED) is 0.927. The van der Waals surface area contributed by atoms with E-state index in [9.17, 15) is 9.59 Å². The minimum Gasteiger partial charge on any atom is -0.478 e. The van der Waals surface area contributed by atoms with E-state index in [4.69, 9.17) is 14.8 Å². The van der Waals surface area contributed by atoms with E-state index < -0.39 is 11.9 Å². The Labute approximate surface area is 120 Å². The molecule has 0 saturated heterocycles. The van der Waals surface area contributed by atoms with Crippen molar-refractivity contribution >= 4 is 11.9 Å². The summed E-state index contributed by atoms with van der Waals surface area (Å²) in [6.07, 6.45) is 1.03. The van der Waals surface area contributed by atoms with Gasteiger partial charge in [-0.05, 0) is 17.7 Å². The summed E-state index contributed by atoms with van der Waals surface area (Å²) in [5, 5.41) is 17.6. The number of nitrogens with zero attached hydrogens (tertiary/aromatic N) is 2. The van der Waals surface area contributed by atoms with E-state index in [0.29, 0.717) is 5.56 Å². The minimum atomic E-state index is -1.15. The fraction of sp³-hybridized carbons (Fsp3) is 0.133. The van der Waals surface area contributed by atoms with Crippen LogP contribution >= 0.6 is 0 Å². The fourth-order valence-electron chi connectivity index (χ4n) is 1.83. The lowest BCUT2D eigenvalue weighted by atomic mass is 10.1. The van der Waals surface area contributed by atoms with Crippen molar-refractivity contribution in [3.8, 4) is 6.07 Å². The van der Waals surface area contributed by atoms with Gasteiger partial charge in [-0.1, -0.05) is 12.1 Å². The van der Waals surface area contributed by atoms with Crippen LogP contribution in [-0.2, 0) is 6.54 Å².